The molecule has 0 aromatic carbocycles. The number of pyridine rings is 1. The van der Waals surface area contributed by atoms with E-state index in [1.807, 2.05) is 25.1 Å². The number of nitrogens with zero attached hydrogens (tertiary/aromatic N) is 2. The fourth-order valence-corrected chi connectivity index (χ4v) is 2.86. The zero-order valence-electron chi connectivity index (χ0n) is 12.2. The molecule has 5 heteroatoms. The van der Waals surface area contributed by atoms with Gasteiger partial charge in [0.1, 0.15) is 0 Å². The summed E-state index contributed by atoms with van der Waals surface area (Å²) in [7, 11) is 0. The molecule has 0 saturated heterocycles. The van der Waals surface area contributed by atoms with Gasteiger partial charge in [-0.25, -0.2) is 0 Å². The van der Waals surface area contributed by atoms with Crippen molar-refractivity contribution in [2.75, 3.05) is 5.32 Å². The predicted molar refractivity (Wildman–Crippen MR) is 81.1 cm³/mol. The first-order valence-electron chi connectivity index (χ1n) is 7.50. The third-order valence-corrected chi connectivity index (χ3v) is 4.22. The van der Waals surface area contributed by atoms with E-state index in [1.165, 1.54) is 25.7 Å². The average molecular weight is 284 g/mol. The maximum atomic E-state index is 12.3. The van der Waals surface area contributed by atoms with Gasteiger partial charge in [0.05, 0.1) is 5.92 Å². The third-order valence-electron chi connectivity index (χ3n) is 4.22. The molecule has 3 rings (SSSR count). The van der Waals surface area contributed by atoms with Crippen molar-refractivity contribution in [3.8, 4) is 0 Å². The molecule has 0 unspecified atom stereocenters. The molecule has 0 spiro atoms. The van der Waals surface area contributed by atoms with Crippen LogP contribution < -0.4 is 5.32 Å². The van der Waals surface area contributed by atoms with Crippen LogP contribution in [0.5, 0.6) is 0 Å². The summed E-state index contributed by atoms with van der Waals surface area (Å²) in [6.45, 7) is 1.87. The van der Waals surface area contributed by atoms with Gasteiger partial charge in [-0.3, -0.25) is 14.9 Å². The van der Waals surface area contributed by atoms with E-state index in [2.05, 4.69) is 20.5 Å². The zero-order chi connectivity index (χ0) is 14.7. The fraction of sp³-hybridized carbons (Fsp3) is 0.438. The summed E-state index contributed by atoms with van der Waals surface area (Å²) in [4.78, 5) is 16.3. The van der Waals surface area contributed by atoms with Crippen LogP contribution in [0.3, 0.4) is 0 Å². The number of rotatable bonds is 4. The Balaban J connectivity index is 1.64. The quantitative estimate of drug-likeness (QED) is 0.905. The van der Waals surface area contributed by atoms with Crippen molar-refractivity contribution < 1.29 is 4.79 Å². The van der Waals surface area contributed by atoms with Crippen LogP contribution in [0.1, 0.15) is 55.7 Å². The van der Waals surface area contributed by atoms with Gasteiger partial charge >= 0.3 is 0 Å². The Labute approximate surface area is 124 Å². The van der Waals surface area contributed by atoms with Crippen LogP contribution in [0, 0.1) is 0 Å². The third kappa shape index (κ3) is 3.12. The largest absolute Gasteiger partial charge is 0.309 e. The first kappa shape index (κ1) is 13.8. The molecule has 2 aromatic heterocycles. The normalized spacial score (nSPS) is 16.8. The van der Waals surface area contributed by atoms with Gasteiger partial charge in [0.25, 0.3) is 0 Å². The smallest absolute Gasteiger partial charge is 0.232 e. The molecule has 2 aromatic rings. The highest BCUT2D eigenvalue weighted by Crippen LogP contribution is 2.33. The SMILES string of the molecule is C[C@@H](C(=O)Nc1cc(C2CCCC2)[nH]n1)c1cccnc1. The second kappa shape index (κ2) is 6.08. The number of H-pyrrole nitrogens is 1. The lowest BCUT2D eigenvalue weighted by atomic mass is 10.0. The Hall–Kier alpha value is -2.17. The second-order valence-corrected chi connectivity index (χ2v) is 5.69. The zero-order valence-corrected chi connectivity index (χ0v) is 12.2. The molecular weight excluding hydrogens is 264 g/mol. The van der Waals surface area contributed by atoms with Gasteiger partial charge in [0, 0.05) is 30.1 Å². The highest BCUT2D eigenvalue weighted by molar-refractivity contribution is 5.94. The lowest BCUT2D eigenvalue weighted by Crippen LogP contribution is -2.19. The van der Waals surface area contributed by atoms with E-state index in [-0.39, 0.29) is 11.8 Å². The van der Waals surface area contributed by atoms with Crippen molar-refractivity contribution in [1.82, 2.24) is 15.2 Å². The fourth-order valence-electron chi connectivity index (χ4n) is 2.86. The molecule has 1 amide bonds. The maximum absolute atomic E-state index is 12.3. The minimum Gasteiger partial charge on any atom is -0.309 e. The predicted octanol–water partition coefficient (Wildman–Crippen LogP) is 3.20. The van der Waals surface area contributed by atoms with Crippen LogP contribution in [0.25, 0.3) is 0 Å². The first-order valence-corrected chi connectivity index (χ1v) is 7.50. The number of aromatic nitrogens is 3. The molecule has 110 valence electrons. The summed E-state index contributed by atoms with van der Waals surface area (Å²) < 4.78 is 0. The Bertz CT molecular complexity index is 602. The number of aromatic amines is 1. The maximum Gasteiger partial charge on any atom is 0.232 e. The summed E-state index contributed by atoms with van der Waals surface area (Å²) in [5.74, 6) is 0.870. The second-order valence-electron chi connectivity index (χ2n) is 5.69. The molecule has 5 nitrogen and oxygen atoms in total. The number of anilines is 1. The van der Waals surface area contributed by atoms with Crippen molar-refractivity contribution in [2.45, 2.75) is 44.4 Å². The van der Waals surface area contributed by atoms with Crippen LogP contribution in [0.2, 0.25) is 0 Å². The van der Waals surface area contributed by atoms with Crippen LogP contribution >= 0.6 is 0 Å². The van der Waals surface area contributed by atoms with E-state index in [9.17, 15) is 4.79 Å². The van der Waals surface area contributed by atoms with Crippen LogP contribution in [0.4, 0.5) is 5.82 Å². The number of nitrogens with one attached hydrogen (secondary N) is 2. The highest BCUT2D eigenvalue weighted by atomic mass is 16.1. The highest BCUT2D eigenvalue weighted by Gasteiger charge is 2.21. The van der Waals surface area contributed by atoms with Gasteiger partial charge in [-0.15, -0.1) is 0 Å². The van der Waals surface area contributed by atoms with E-state index in [4.69, 9.17) is 0 Å². The number of amides is 1. The molecule has 1 saturated carbocycles. The average Bonchev–Trinajstić information content (AvgIpc) is 3.18. The minimum absolute atomic E-state index is 0.0625. The van der Waals surface area contributed by atoms with Gasteiger partial charge in [-0.05, 0) is 31.4 Å². The van der Waals surface area contributed by atoms with E-state index in [0.717, 1.165) is 11.3 Å². The molecule has 21 heavy (non-hydrogen) atoms. The molecule has 1 atom stereocenters. The van der Waals surface area contributed by atoms with Crippen LogP contribution in [-0.2, 0) is 4.79 Å². The number of carbonyl (C=O) groups excluding carboxylic acids is 1. The topological polar surface area (TPSA) is 70.7 Å². The minimum atomic E-state index is -0.245. The standard InChI is InChI=1S/C16H20N4O/c1-11(13-7-4-8-17-10-13)16(21)18-15-9-14(19-20-15)12-5-2-3-6-12/h4,7-12H,2-3,5-6H2,1H3,(H2,18,19,20,21)/t11-/m1/s1. The van der Waals surface area contributed by atoms with Crippen molar-refractivity contribution in [3.05, 3.63) is 41.9 Å². The van der Waals surface area contributed by atoms with Crippen molar-refractivity contribution >= 4 is 11.7 Å². The van der Waals surface area contributed by atoms with Gasteiger partial charge in [0.15, 0.2) is 5.82 Å². The Morgan fingerprint density at radius 3 is 2.95 bits per heavy atom. The van der Waals surface area contributed by atoms with E-state index < -0.39 is 0 Å². The lowest BCUT2D eigenvalue weighted by Gasteiger charge is -2.10. The molecule has 0 radical (unpaired) electrons. The summed E-state index contributed by atoms with van der Waals surface area (Å²) in [5, 5.41) is 10.1. The molecule has 1 aliphatic rings. The molecule has 2 heterocycles. The van der Waals surface area contributed by atoms with Gasteiger partial charge in [-0.1, -0.05) is 18.9 Å². The lowest BCUT2D eigenvalue weighted by molar-refractivity contribution is -0.117. The van der Waals surface area contributed by atoms with E-state index in [1.54, 1.807) is 12.4 Å². The monoisotopic (exact) mass is 284 g/mol. The van der Waals surface area contributed by atoms with E-state index in [0.29, 0.717) is 11.7 Å². The van der Waals surface area contributed by atoms with Gasteiger partial charge < -0.3 is 5.32 Å². The van der Waals surface area contributed by atoms with Crippen molar-refractivity contribution in [2.24, 2.45) is 0 Å². The summed E-state index contributed by atoms with van der Waals surface area (Å²) in [5.41, 5.74) is 2.04. The Morgan fingerprint density at radius 1 is 1.43 bits per heavy atom. The van der Waals surface area contributed by atoms with Crippen LogP contribution in [-0.4, -0.2) is 21.1 Å². The first-order chi connectivity index (χ1) is 10.2. The van der Waals surface area contributed by atoms with Crippen molar-refractivity contribution in [3.63, 3.8) is 0 Å². The molecule has 1 fully saturated rings. The number of carbonyl (C=O) groups is 1. The molecular formula is C16H20N4O. The number of hydrogen-bond donors (Lipinski definition) is 2. The summed E-state index contributed by atoms with van der Waals surface area (Å²) in [6.07, 6.45) is 8.41. The van der Waals surface area contributed by atoms with E-state index >= 15 is 0 Å². The summed E-state index contributed by atoms with van der Waals surface area (Å²) >= 11 is 0. The molecule has 0 bridgehead atoms. The Morgan fingerprint density at radius 2 is 2.24 bits per heavy atom. The van der Waals surface area contributed by atoms with Crippen LogP contribution in [0.15, 0.2) is 30.6 Å². The van der Waals surface area contributed by atoms with Gasteiger partial charge in [0.2, 0.25) is 5.91 Å². The summed E-state index contributed by atoms with van der Waals surface area (Å²) in [6, 6.07) is 5.71. The number of hydrogen-bond acceptors (Lipinski definition) is 3. The van der Waals surface area contributed by atoms with Gasteiger partial charge in [-0.2, -0.15) is 5.10 Å². The van der Waals surface area contributed by atoms with Crippen molar-refractivity contribution in [1.29, 1.82) is 0 Å². The molecule has 2 N–H and O–H groups in total. The Kier molecular flexibility index (Phi) is 3.99. The molecule has 1 aliphatic carbocycles. The molecule has 0 aliphatic heterocycles.